The Hall–Kier alpha value is -8.01. The van der Waals surface area contributed by atoms with E-state index in [9.17, 15) is 0 Å². The van der Waals surface area contributed by atoms with Gasteiger partial charge in [0.2, 0.25) is 0 Å². The molecule has 11 rings (SSSR count). The molecule has 0 unspecified atom stereocenters. The van der Waals surface area contributed by atoms with E-state index >= 15 is 0 Å². The molecule has 0 N–H and O–H groups in total. The smallest absolute Gasteiger partial charge is 0.164 e. The Balaban J connectivity index is 1.08. The number of nitrogens with zero attached hydrogens (tertiary/aromatic N) is 3. The summed E-state index contributed by atoms with van der Waals surface area (Å²) in [5.41, 5.74) is 12.2. The molecule has 10 aromatic carbocycles. The van der Waals surface area contributed by atoms with Gasteiger partial charge in [0, 0.05) is 16.7 Å². The second-order valence-electron chi connectivity index (χ2n) is 15.2. The Morgan fingerprint density at radius 2 is 0.550 bits per heavy atom. The van der Waals surface area contributed by atoms with Crippen molar-refractivity contribution in [2.75, 3.05) is 0 Å². The Morgan fingerprint density at radius 1 is 0.200 bits per heavy atom. The van der Waals surface area contributed by atoms with Gasteiger partial charge < -0.3 is 0 Å². The summed E-state index contributed by atoms with van der Waals surface area (Å²) in [4.78, 5) is 15.9. The summed E-state index contributed by atoms with van der Waals surface area (Å²) < 4.78 is 0. The largest absolute Gasteiger partial charge is 0.208 e. The number of rotatable bonds is 7. The van der Waals surface area contributed by atoms with E-state index in [-0.39, 0.29) is 0 Å². The molecule has 1 heterocycles. The van der Waals surface area contributed by atoms with E-state index < -0.39 is 0 Å². The molecule has 1 aromatic heterocycles. The van der Waals surface area contributed by atoms with Crippen LogP contribution in [0.5, 0.6) is 0 Å². The normalized spacial score (nSPS) is 11.3. The van der Waals surface area contributed by atoms with Crippen molar-refractivity contribution in [1.82, 2.24) is 15.0 Å². The van der Waals surface area contributed by atoms with Gasteiger partial charge in [-0.2, -0.15) is 0 Å². The van der Waals surface area contributed by atoms with Crippen molar-refractivity contribution >= 4 is 32.3 Å². The average Bonchev–Trinajstić information content (AvgIpc) is 3.33. The van der Waals surface area contributed by atoms with E-state index in [1.54, 1.807) is 0 Å². The molecule has 60 heavy (non-hydrogen) atoms. The number of fused-ring (bicyclic) bond motifs is 3. The van der Waals surface area contributed by atoms with Crippen molar-refractivity contribution in [3.05, 3.63) is 224 Å². The fourth-order valence-corrected chi connectivity index (χ4v) is 8.57. The lowest BCUT2D eigenvalue weighted by molar-refractivity contribution is 1.08. The maximum absolute atomic E-state index is 5.33. The number of benzene rings is 10. The molecule has 0 saturated heterocycles. The Labute approximate surface area is 349 Å². The van der Waals surface area contributed by atoms with Crippen molar-refractivity contribution in [2.45, 2.75) is 0 Å². The van der Waals surface area contributed by atoms with Gasteiger partial charge in [0.25, 0.3) is 0 Å². The molecule has 0 fully saturated rings. The summed E-state index contributed by atoms with van der Waals surface area (Å²) in [6, 6.07) is 79.5. The molecule has 3 heteroatoms. The Kier molecular flexibility index (Phi) is 8.83. The first kappa shape index (κ1) is 35.2. The maximum atomic E-state index is 5.33. The number of hydrogen-bond acceptors (Lipinski definition) is 3. The van der Waals surface area contributed by atoms with Crippen LogP contribution in [-0.4, -0.2) is 15.0 Å². The van der Waals surface area contributed by atoms with Crippen LogP contribution in [0.3, 0.4) is 0 Å². The molecular weight excluding hydrogens is 727 g/mol. The van der Waals surface area contributed by atoms with E-state index in [0.29, 0.717) is 17.5 Å². The lowest BCUT2D eigenvalue weighted by Crippen LogP contribution is -2.01. The first-order chi connectivity index (χ1) is 29.7. The highest BCUT2D eigenvalue weighted by Gasteiger charge is 2.18. The molecule has 3 nitrogen and oxygen atoms in total. The number of aromatic nitrogens is 3. The van der Waals surface area contributed by atoms with Crippen LogP contribution in [0.15, 0.2) is 224 Å². The molecule has 0 radical (unpaired) electrons. The highest BCUT2D eigenvalue weighted by Crippen LogP contribution is 2.38. The summed E-state index contributed by atoms with van der Waals surface area (Å²) in [6.45, 7) is 0. The molecule has 0 atom stereocenters. The third kappa shape index (κ3) is 6.49. The van der Waals surface area contributed by atoms with Crippen molar-refractivity contribution in [3.8, 4) is 78.7 Å². The molecule has 11 aromatic rings. The minimum absolute atomic E-state index is 0.623. The van der Waals surface area contributed by atoms with E-state index in [0.717, 1.165) is 49.4 Å². The van der Waals surface area contributed by atoms with Crippen LogP contribution in [0.25, 0.3) is 111 Å². The summed E-state index contributed by atoms with van der Waals surface area (Å²) in [5, 5.41) is 6.88. The first-order valence-corrected chi connectivity index (χ1v) is 20.3. The van der Waals surface area contributed by atoms with Gasteiger partial charge in [-0.1, -0.05) is 206 Å². The third-order valence-corrected chi connectivity index (χ3v) is 11.5. The van der Waals surface area contributed by atoms with Crippen molar-refractivity contribution in [1.29, 1.82) is 0 Å². The van der Waals surface area contributed by atoms with Crippen LogP contribution in [0, 0.1) is 0 Å². The zero-order chi connectivity index (χ0) is 39.8. The topological polar surface area (TPSA) is 38.7 Å². The van der Waals surface area contributed by atoms with Crippen molar-refractivity contribution in [3.63, 3.8) is 0 Å². The van der Waals surface area contributed by atoms with Gasteiger partial charge in [-0.25, -0.2) is 15.0 Å². The summed E-state index contributed by atoms with van der Waals surface area (Å²) in [7, 11) is 0. The van der Waals surface area contributed by atoms with E-state index in [1.165, 1.54) is 44.2 Å². The first-order valence-electron chi connectivity index (χ1n) is 20.3. The van der Waals surface area contributed by atoms with Crippen LogP contribution >= 0.6 is 0 Å². The molecule has 0 bridgehead atoms. The van der Waals surface area contributed by atoms with Gasteiger partial charge in [-0.3, -0.25) is 0 Å². The van der Waals surface area contributed by atoms with Crippen LogP contribution in [0.2, 0.25) is 0 Å². The van der Waals surface area contributed by atoms with Gasteiger partial charge in [-0.05, 0) is 95.0 Å². The van der Waals surface area contributed by atoms with E-state index in [1.807, 2.05) is 0 Å². The second-order valence-corrected chi connectivity index (χ2v) is 15.2. The highest BCUT2D eigenvalue weighted by atomic mass is 15.0. The van der Waals surface area contributed by atoms with Gasteiger partial charge in [0.1, 0.15) is 0 Å². The zero-order valence-corrected chi connectivity index (χ0v) is 32.7. The van der Waals surface area contributed by atoms with Crippen molar-refractivity contribution < 1.29 is 0 Å². The maximum Gasteiger partial charge on any atom is 0.164 e. The lowest BCUT2D eigenvalue weighted by Gasteiger charge is -2.14. The van der Waals surface area contributed by atoms with Crippen LogP contribution in [0.1, 0.15) is 0 Å². The summed E-state index contributed by atoms with van der Waals surface area (Å²) in [5.74, 6) is 1.89. The molecule has 0 saturated carbocycles. The minimum atomic E-state index is 0.623. The van der Waals surface area contributed by atoms with Gasteiger partial charge in [0.15, 0.2) is 17.5 Å². The fourth-order valence-electron chi connectivity index (χ4n) is 8.57. The Morgan fingerprint density at radius 3 is 1.05 bits per heavy atom. The minimum Gasteiger partial charge on any atom is -0.208 e. The molecule has 0 amide bonds. The predicted octanol–water partition coefficient (Wildman–Crippen LogP) is 15.0. The summed E-state index contributed by atoms with van der Waals surface area (Å²) in [6.07, 6.45) is 0. The zero-order valence-electron chi connectivity index (χ0n) is 32.7. The van der Waals surface area contributed by atoms with Crippen LogP contribution in [0.4, 0.5) is 0 Å². The molecular formula is C57H37N3. The molecule has 0 aliphatic carbocycles. The average molecular weight is 764 g/mol. The Bertz CT molecular complexity index is 3220. The molecule has 0 aliphatic rings. The molecule has 280 valence electrons. The molecule has 0 aliphatic heterocycles. The second kappa shape index (κ2) is 15.1. The highest BCUT2D eigenvalue weighted by molar-refractivity contribution is 6.05. The van der Waals surface area contributed by atoms with E-state index in [4.69, 9.17) is 15.0 Å². The van der Waals surface area contributed by atoms with Gasteiger partial charge in [0.05, 0.1) is 0 Å². The van der Waals surface area contributed by atoms with Gasteiger partial charge >= 0.3 is 0 Å². The number of hydrogen-bond donors (Lipinski definition) is 0. The van der Waals surface area contributed by atoms with Crippen LogP contribution in [-0.2, 0) is 0 Å². The third-order valence-electron chi connectivity index (χ3n) is 11.5. The predicted molar refractivity (Wildman–Crippen MR) is 250 cm³/mol. The SMILES string of the molecule is c1ccc(-c2ccc3cc(-c4cccc(-c5nc(-c6cccc7c(-c8ccccc8)cccc67)nc(-c6cccc7c(-c8ccccc8)cccc67)n5)c4)ccc3c2)cc1. The monoisotopic (exact) mass is 763 g/mol. The lowest BCUT2D eigenvalue weighted by atomic mass is 9.95. The standard InChI is InChI=1S/C57H37N3/c1-4-15-38(16-5-1)42-31-32-45-36-43(33-34-44(45)35-42)41-21-10-22-46(37-41)55-58-56(53-29-13-25-49-47(23-11-27-51(49)53)39-17-6-2-7-18-39)60-57(59-55)54-30-14-26-50-48(24-12-28-52(50)54)40-19-8-3-9-20-40/h1-37H. The fraction of sp³-hybridized carbons (Fsp3) is 0. The quantitative estimate of drug-likeness (QED) is 0.162. The van der Waals surface area contributed by atoms with Crippen LogP contribution < -0.4 is 0 Å². The van der Waals surface area contributed by atoms with E-state index in [2.05, 4.69) is 224 Å². The van der Waals surface area contributed by atoms with Gasteiger partial charge in [-0.15, -0.1) is 0 Å². The summed E-state index contributed by atoms with van der Waals surface area (Å²) >= 11 is 0. The molecule has 0 spiro atoms. The van der Waals surface area contributed by atoms with Crippen molar-refractivity contribution in [2.24, 2.45) is 0 Å².